The van der Waals surface area contributed by atoms with Gasteiger partial charge in [0.05, 0.1) is 0 Å². The Bertz CT molecular complexity index is 210. The number of nitrogens with two attached hydrogens (primary N) is 1. The second-order valence-electron chi connectivity index (χ2n) is 5.54. The Morgan fingerprint density at radius 1 is 1.14 bits per heavy atom. The molecular formula is C12H21NO. The molecule has 1 aliphatic heterocycles. The minimum atomic E-state index is 0.231. The lowest BCUT2D eigenvalue weighted by atomic mass is 9.95. The van der Waals surface area contributed by atoms with E-state index in [0.717, 1.165) is 31.0 Å². The molecule has 3 fully saturated rings. The van der Waals surface area contributed by atoms with Crippen LogP contribution >= 0.6 is 0 Å². The molecule has 2 N–H and O–H groups in total. The van der Waals surface area contributed by atoms with E-state index in [1.807, 2.05) is 0 Å². The molecule has 2 heteroatoms. The molecule has 2 saturated carbocycles. The van der Waals surface area contributed by atoms with E-state index in [1.54, 1.807) is 0 Å². The fourth-order valence-corrected chi connectivity index (χ4v) is 3.84. The largest absolute Gasteiger partial charge is 0.381 e. The number of rotatable bonds is 2. The van der Waals surface area contributed by atoms with Crippen LogP contribution in [0.25, 0.3) is 0 Å². The van der Waals surface area contributed by atoms with E-state index < -0.39 is 0 Å². The van der Waals surface area contributed by atoms with Gasteiger partial charge in [-0.1, -0.05) is 12.8 Å². The summed E-state index contributed by atoms with van der Waals surface area (Å²) in [6.45, 7) is 1.94. The molecule has 0 amide bonds. The van der Waals surface area contributed by atoms with Crippen LogP contribution in [0.1, 0.15) is 38.5 Å². The van der Waals surface area contributed by atoms with Crippen LogP contribution in [0.15, 0.2) is 0 Å². The van der Waals surface area contributed by atoms with Gasteiger partial charge in [-0.15, -0.1) is 0 Å². The smallest absolute Gasteiger partial charge is 0.0495 e. The highest BCUT2D eigenvalue weighted by atomic mass is 16.5. The second kappa shape index (κ2) is 3.21. The molecule has 3 aliphatic rings. The summed E-state index contributed by atoms with van der Waals surface area (Å²) >= 11 is 0. The van der Waals surface area contributed by atoms with Crippen molar-refractivity contribution in [1.82, 2.24) is 0 Å². The summed E-state index contributed by atoms with van der Waals surface area (Å²) in [5.41, 5.74) is 6.75. The van der Waals surface area contributed by atoms with E-state index in [0.29, 0.717) is 0 Å². The molecule has 2 aliphatic carbocycles. The maximum atomic E-state index is 6.52. The molecule has 80 valence electrons. The highest BCUT2D eigenvalue weighted by Crippen LogP contribution is 2.59. The van der Waals surface area contributed by atoms with Crippen LogP contribution in [0, 0.1) is 17.8 Å². The van der Waals surface area contributed by atoms with E-state index in [-0.39, 0.29) is 5.54 Å². The maximum absolute atomic E-state index is 6.52. The van der Waals surface area contributed by atoms with Crippen molar-refractivity contribution >= 4 is 0 Å². The second-order valence-corrected chi connectivity index (χ2v) is 5.54. The zero-order valence-corrected chi connectivity index (χ0v) is 8.87. The van der Waals surface area contributed by atoms with Crippen LogP contribution in [-0.4, -0.2) is 18.8 Å². The van der Waals surface area contributed by atoms with Crippen molar-refractivity contribution < 1.29 is 4.74 Å². The first-order chi connectivity index (χ1) is 6.81. The fourth-order valence-electron chi connectivity index (χ4n) is 3.84. The van der Waals surface area contributed by atoms with Crippen molar-refractivity contribution in [2.45, 2.75) is 44.1 Å². The predicted molar refractivity (Wildman–Crippen MR) is 55.9 cm³/mol. The highest BCUT2D eigenvalue weighted by Gasteiger charge is 2.61. The summed E-state index contributed by atoms with van der Waals surface area (Å²) in [6.07, 6.45) is 8.12. The standard InChI is InChI=1S/C12H21NO/c13-12(7-9-5-6-14-8-9)10-3-1-2-4-11(10)12/h9-11H,1-8,13H2. The Morgan fingerprint density at radius 3 is 2.43 bits per heavy atom. The van der Waals surface area contributed by atoms with Gasteiger partial charge in [-0.05, 0) is 43.4 Å². The van der Waals surface area contributed by atoms with Crippen LogP contribution in [0.5, 0.6) is 0 Å². The zero-order chi connectivity index (χ0) is 9.60. The Labute approximate surface area is 86.2 Å². The van der Waals surface area contributed by atoms with Crippen LogP contribution in [0.2, 0.25) is 0 Å². The van der Waals surface area contributed by atoms with E-state index in [1.165, 1.54) is 38.5 Å². The molecular weight excluding hydrogens is 174 g/mol. The van der Waals surface area contributed by atoms with Crippen molar-refractivity contribution in [3.8, 4) is 0 Å². The van der Waals surface area contributed by atoms with Gasteiger partial charge in [0.15, 0.2) is 0 Å². The lowest BCUT2D eigenvalue weighted by Gasteiger charge is -2.15. The lowest BCUT2D eigenvalue weighted by molar-refractivity contribution is 0.181. The topological polar surface area (TPSA) is 35.2 Å². The molecule has 0 radical (unpaired) electrons. The van der Waals surface area contributed by atoms with Gasteiger partial charge in [-0.25, -0.2) is 0 Å². The van der Waals surface area contributed by atoms with Gasteiger partial charge < -0.3 is 10.5 Å². The Balaban J connectivity index is 1.61. The summed E-state index contributed by atoms with van der Waals surface area (Å²) in [6, 6.07) is 0. The average Bonchev–Trinajstić information content (AvgIpc) is 2.62. The lowest BCUT2D eigenvalue weighted by Crippen LogP contribution is -2.30. The predicted octanol–water partition coefficient (Wildman–Crippen LogP) is 1.93. The molecule has 14 heavy (non-hydrogen) atoms. The quantitative estimate of drug-likeness (QED) is 0.730. The van der Waals surface area contributed by atoms with Gasteiger partial charge >= 0.3 is 0 Å². The summed E-state index contributed by atoms with van der Waals surface area (Å²) < 4.78 is 5.43. The fraction of sp³-hybridized carbons (Fsp3) is 1.00. The zero-order valence-electron chi connectivity index (χ0n) is 8.87. The molecule has 3 atom stereocenters. The monoisotopic (exact) mass is 195 g/mol. The molecule has 0 spiro atoms. The first-order valence-corrected chi connectivity index (χ1v) is 6.17. The minimum Gasteiger partial charge on any atom is -0.381 e. The SMILES string of the molecule is NC1(CC2CCOC2)C2CCCCC21. The van der Waals surface area contributed by atoms with Crippen molar-refractivity contribution in [2.75, 3.05) is 13.2 Å². The molecule has 1 saturated heterocycles. The molecule has 0 bridgehead atoms. The van der Waals surface area contributed by atoms with E-state index in [9.17, 15) is 0 Å². The summed E-state index contributed by atoms with van der Waals surface area (Å²) in [4.78, 5) is 0. The average molecular weight is 195 g/mol. The van der Waals surface area contributed by atoms with Gasteiger partial charge in [0.2, 0.25) is 0 Å². The van der Waals surface area contributed by atoms with E-state index in [4.69, 9.17) is 10.5 Å². The molecule has 1 heterocycles. The van der Waals surface area contributed by atoms with Gasteiger partial charge in [-0.3, -0.25) is 0 Å². The first-order valence-electron chi connectivity index (χ1n) is 6.17. The van der Waals surface area contributed by atoms with Crippen LogP contribution < -0.4 is 5.73 Å². The van der Waals surface area contributed by atoms with Crippen LogP contribution in [0.4, 0.5) is 0 Å². The minimum absolute atomic E-state index is 0.231. The first kappa shape index (κ1) is 9.17. The van der Waals surface area contributed by atoms with E-state index >= 15 is 0 Å². The summed E-state index contributed by atoms with van der Waals surface area (Å²) in [5.74, 6) is 2.51. The summed E-state index contributed by atoms with van der Waals surface area (Å²) in [5, 5.41) is 0. The molecule has 2 nitrogen and oxygen atoms in total. The molecule has 0 aromatic rings. The van der Waals surface area contributed by atoms with Crippen LogP contribution in [-0.2, 0) is 4.74 Å². The van der Waals surface area contributed by atoms with Crippen molar-refractivity contribution in [3.63, 3.8) is 0 Å². The number of hydrogen-bond acceptors (Lipinski definition) is 2. The van der Waals surface area contributed by atoms with Gasteiger partial charge in [-0.2, -0.15) is 0 Å². The third-order valence-corrected chi connectivity index (χ3v) is 4.70. The van der Waals surface area contributed by atoms with Crippen molar-refractivity contribution in [1.29, 1.82) is 0 Å². The molecule has 0 aromatic carbocycles. The van der Waals surface area contributed by atoms with E-state index in [2.05, 4.69) is 0 Å². The number of fused-ring (bicyclic) bond motifs is 1. The molecule has 3 unspecified atom stereocenters. The van der Waals surface area contributed by atoms with Crippen molar-refractivity contribution in [2.24, 2.45) is 23.5 Å². The highest BCUT2D eigenvalue weighted by molar-refractivity contribution is 5.17. The molecule has 3 rings (SSSR count). The number of ether oxygens (including phenoxy) is 1. The van der Waals surface area contributed by atoms with Gasteiger partial charge in [0.25, 0.3) is 0 Å². The third kappa shape index (κ3) is 1.31. The number of hydrogen-bond donors (Lipinski definition) is 1. The van der Waals surface area contributed by atoms with Gasteiger partial charge in [0.1, 0.15) is 0 Å². The Morgan fingerprint density at radius 2 is 1.86 bits per heavy atom. The van der Waals surface area contributed by atoms with Crippen LogP contribution in [0.3, 0.4) is 0 Å². The maximum Gasteiger partial charge on any atom is 0.0495 e. The Hall–Kier alpha value is -0.0800. The normalized spacial score (nSPS) is 51.6. The Kier molecular flexibility index (Phi) is 2.10. The molecule has 0 aromatic heterocycles. The van der Waals surface area contributed by atoms with Crippen molar-refractivity contribution in [3.05, 3.63) is 0 Å². The third-order valence-electron chi connectivity index (χ3n) is 4.70. The van der Waals surface area contributed by atoms with Gasteiger partial charge in [0, 0.05) is 18.8 Å². The summed E-state index contributed by atoms with van der Waals surface area (Å²) in [7, 11) is 0.